The molecule has 1 N–H and O–H groups in total. The number of fused-ring (bicyclic) bond motifs is 3. The Morgan fingerprint density at radius 1 is 1.09 bits per heavy atom. The lowest BCUT2D eigenvalue weighted by Crippen LogP contribution is -2.37. The van der Waals surface area contributed by atoms with Crippen LogP contribution in [-0.4, -0.2) is 56.6 Å². The van der Waals surface area contributed by atoms with E-state index in [9.17, 15) is 4.79 Å². The summed E-state index contributed by atoms with van der Waals surface area (Å²) in [6.45, 7) is 5.66. The highest BCUT2D eigenvalue weighted by Crippen LogP contribution is 2.29. The first kappa shape index (κ1) is 20.8. The quantitative estimate of drug-likeness (QED) is 0.497. The number of carbonyl (C=O) groups is 1. The normalized spacial score (nSPS) is 14.8. The number of halogens is 1. The highest BCUT2D eigenvalue weighted by molar-refractivity contribution is 6.33. The first-order valence-electron chi connectivity index (χ1n) is 11.0. The predicted molar refractivity (Wildman–Crippen MR) is 126 cm³/mol. The summed E-state index contributed by atoms with van der Waals surface area (Å²) in [6.07, 6.45) is 3.79. The van der Waals surface area contributed by atoms with E-state index in [-0.39, 0.29) is 5.91 Å². The van der Waals surface area contributed by atoms with E-state index >= 15 is 0 Å². The topological polar surface area (TPSA) is 75.4 Å². The van der Waals surface area contributed by atoms with E-state index in [0.29, 0.717) is 28.6 Å². The number of hydrogen-bond donors (Lipinski definition) is 1. The molecule has 1 amide bonds. The van der Waals surface area contributed by atoms with Crippen LogP contribution in [-0.2, 0) is 0 Å². The number of nitrogens with one attached hydrogen (secondary N) is 1. The minimum Gasteiger partial charge on any atom is -0.351 e. The Balaban J connectivity index is 1.49. The third-order valence-corrected chi connectivity index (χ3v) is 6.36. The number of likely N-dealkylation sites (tertiary alicyclic amines) is 1. The van der Waals surface area contributed by atoms with Crippen LogP contribution in [0.5, 0.6) is 0 Å². The summed E-state index contributed by atoms with van der Waals surface area (Å²) in [7, 11) is 0. The summed E-state index contributed by atoms with van der Waals surface area (Å²) in [5.41, 5.74) is 4.33. The Labute approximate surface area is 191 Å². The molecule has 7 nitrogen and oxygen atoms in total. The van der Waals surface area contributed by atoms with Crippen LogP contribution in [0.25, 0.3) is 28.1 Å². The Morgan fingerprint density at radius 3 is 2.72 bits per heavy atom. The number of amides is 1. The van der Waals surface area contributed by atoms with Gasteiger partial charge in [-0.05, 0) is 63.2 Å². The molecule has 8 heteroatoms. The number of aryl methyl sites for hydroxylation is 1. The second-order valence-electron chi connectivity index (χ2n) is 8.22. The maximum absolute atomic E-state index is 12.9. The van der Waals surface area contributed by atoms with E-state index in [1.807, 2.05) is 53.8 Å². The highest BCUT2D eigenvalue weighted by atomic mass is 35.5. The van der Waals surface area contributed by atoms with Crippen molar-refractivity contribution < 1.29 is 4.79 Å². The van der Waals surface area contributed by atoms with Gasteiger partial charge in [0.15, 0.2) is 11.5 Å². The SMILES string of the molecule is Cc1nc2ccc(C(=O)NCCN3CCCCC3)cc2n2c(-c3ccccc3Cl)nnc12. The standard InChI is InChI=1S/C24H25ClN6O/c1-16-22-28-29-23(18-7-3-4-8-19(18)25)31(22)21-15-17(9-10-20(21)27-16)24(32)26-11-14-30-12-5-2-6-13-30/h3-4,7-10,15H,2,5-6,11-14H2,1H3,(H,26,32). The molecule has 32 heavy (non-hydrogen) atoms. The molecule has 0 bridgehead atoms. The maximum atomic E-state index is 12.9. The lowest BCUT2D eigenvalue weighted by molar-refractivity contribution is 0.0946. The van der Waals surface area contributed by atoms with Gasteiger partial charge >= 0.3 is 0 Å². The second kappa shape index (κ2) is 8.84. The predicted octanol–water partition coefficient (Wildman–Crippen LogP) is 4.12. The van der Waals surface area contributed by atoms with Gasteiger partial charge in [0.25, 0.3) is 5.91 Å². The van der Waals surface area contributed by atoms with E-state index < -0.39 is 0 Å². The Morgan fingerprint density at radius 2 is 1.91 bits per heavy atom. The van der Waals surface area contributed by atoms with Gasteiger partial charge in [0, 0.05) is 24.2 Å². The maximum Gasteiger partial charge on any atom is 0.251 e. The summed E-state index contributed by atoms with van der Waals surface area (Å²) >= 11 is 6.45. The Hall–Kier alpha value is -3.03. The molecule has 0 radical (unpaired) electrons. The summed E-state index contributed by atoms with van der Waals surface area (Å²) in [6, 6.07) is 13.1. The first-order valence-corrected chi connectivity index (χ1v) is 11.4. The molecular formula is C24H25ClN6O. The molecule has 0 unspecified atom stereocenters. The van der Waals surface area contributed by atoms with Gasteiger partial charge in [0.2, 0.25) is 0 Å². The molecular weight excluding hydrogens is 424 g/mol. The minimum absolute atomic E-state index is 0.0926. The number of nitrogens with zero attached hydrogens (tertiary/aromatic N) is 5. The fourth-order valence-electron chi connectivity index (χ4n) is 4.35. The van der Waals surface area contributed by atoms with Crippen LogP contribution in [0.2, 0.25) is 5.02 Å². The molecule has 4 aromatic rings. The van der Waals surface area contributed by atoms with Crippen LogP contribution in [0.15, 0.2) is 42.5 Å². The summed E-state index contributed by atoms with van der Waals surface area (Å²) in [5.74, 6) is 0.536. The van der Waals surface area contributed by atoms with Crippen molar-refractivity contribution in [2.24, 2.45) is 0 Å². The molecule has 5 rings (SSSR count). The number of hydrogen-bond acceptors (Lipinski definition) is 5. The molecule has 0 spiro atoms. The molecule has 2 aromatic carbocycles. The molecule has 1 fully saturated rings. The third kappa shape index (κ3) is 3.94. The lowest BCUT2D eigenvalue weighted by Gasteiger charge is -2.26. The van der Waals surface area contributed by atoms with E-state index in [1.165, 1.54) is 19.3 Å². The lowest BCUT2D eigenvalue weighted by atomic mass is 10.1. The van der Waals surface area contributed by atoms with Gasteiger partial charge in [-0.2, -0.15) is 0 Å². The zero-order valence-electron chi connectivity index (χ0n) is 18.0. The number of carbonyl (C=O) groups excluding carboxylic acids is 1. The zero-order valence-corrected chi connectivity index (χ0v) is 18.8. The van der Waals surface area contributed by atoms with Crippen molar-refractivity contribution in [3.05, 3.63) is 58.7 Å². The number of benzene rings is 2. The van der Waals surface area contributed by atoms with Crippen molar-refractivity contribution in [3.8, 4) is 11.4 Å². The van der Waals surface area contributed by atoms with Gasteiger partial charge in [0.1, 0.15) is 0 Å². The summed E-state index contributed by atoms with van der Waals surface area (Å²) in [4.78, 5) is 19.9. The van der Waals surface area contributed by atoms with Crippen LogP contribution in [0.1, 0.15) is 35.3 Å². The molecule has 0 aliphatic carbocycles. The largest absolute Gasteiger partial charge is 0.351 e. The number of rotatable bonds is 5. The summed E-state index contributed by atoms with van der Waals surface area (Å²) < 4.78 is 1.93. The van der Waals surface area contributed by atoms with Crippen molar-refractivity contribution >= 4 is 34.2 Å². The average molecular weight is 449 g/mol. The molecule has 1 aliphatic rings. The second-order valence-corrected chi connectivity index (χ2v) is 8.63. The van der Waals surface area contributed by atoms with Crippen LogP contribution in [0.4, 0.5) is 0 Å². The minimum atomic E-state index is -0.0926. The smallest absolute Gasteiger partial charge is 0.251 e. The van der Waals surface area contributed by atoms with E-state index in [4.69, 9.17) is 11.6 Å². The van der Waals surface area contributed by atoms with E-state index in [2.05, 4.69) is 25.4 Å². The van der Waals surface area contributed by atoms with Crippen molar-refractivity contribution in [1.29, 1.82) is 0 Å². The van der Waals surface area contributed by atoms with Gasteiger partial charge < -0.3 is 10.2 Å². The summed E-state index contributed by atoms with van der Waals surface area (Å²) in [5, 5.41) is 12.4. The van der Waals surface area contributed by atoms with Crippen LogP contribution < -0.4 is 5.32 Å². The van der Waals surface area contributed by atoms with E-state index in [1.54, 1.807) is 0 Å². The highest BCUT2D eigenvalue weighted by Gasteiger charge is 2.18. The van der Waals surface area contributed by atoms with Gasteiger partial charge in [-0.25, -0.2) is 4.98 Å². The fourth-order valence-corrected chi connectivity index (χ4v) is 4.57. The monoisotopic (exact) mass is 448 g/mol. The van der Waals surface area contributed by atoms with Crippen molar-refractivity contribution in [1.82, 2.24) is 29.8 Å². The third-order valence-electron chi connectivity index (χ3n) is 6.03. The molecule has 3 heterocycles. The molecule has 1 saturated heterocycles. The fraction of sp³-hybridized carbons (Fsp3) is 0.333. The Kier molecular flexibility index (Phi) is 5.76. The van der Waals surface area contributed by atoms with E-state index in [0.717, 1.165) is 41.9 Å². The molecule has 1 aliphatic heterocycles. The van der Waals surface area contributed by atoms with Gasteiger partial charge in [0.05, 0.1) is 21.7 Å². The van der Waals surface area contributed by atoms with Crippen LogP contribution in [0, 0.1) is 6.92 Å². The van der Waals surface area contributed by atoms with Crippen LogP contribution >= 0.6 is 11.6 Å². The average Bonchev–Trinajstić information content (AvgIpc) is 3.26. The van der Waals surface area contributed by atoms with Crippen LogP contribution in [0.3, 0.4) is 0 Å². The van der Waals surface area contributed by atoms with Gasteiger partial charge in [-0.1, -0.05) is 30.2 Å². The number of aromatic nitrogens is 4. The van der Waals surface area contributed by atoms with Crippen molar-refractivity contribution in [3.63, 3.8) is 0 Å². The molecule has 0 saturated carbocycles. The molecule has 2 aromatic heterocycles. The first-order chi connectivity index (χ1) is 15.6. The molecule has 164 valence electrons. The Bertz CT molecular complexity index is 1290. The van der Waals surface area contributed by atoms with Gasteiger partial charge in [-0.3, -0.25) is 9.20 Å². The van der Waals surface area contributed by atoms with Crippen molar-refractivity contribution in [2.45, 2.75) is 26.2 Å². The van der Waals surface area contributed by atoms with Crippen molar-refractivity contribution in [2.75, 3.05) is 26.2 Å². The van der Waals surface area contributed by atoms with Gasteiger partial charge in [-0.15, -0.1) is 10.2 Å². The zero-order chi connectivity index (χ0) is 22.1. The number of piperidine rings is 1. The molecule has 0 atom stereocenters.